The maximum absolute atomic E-state index is 11.7. The van der Waals surface area contributed by atoms with Crippen LogP contribution in [0.4, 0.5) is 0 Å². The first kappa shape index (κ1) is 16.6. The smallest absolute Gasteiger partial charge is 0.239 e. The molecule has 0 bridgehead atoms. The summed E-state index contributed by atoms with van der Waals surface area (Å²) in [6, 6.07) is 0. The van der Waals surface area contributed by atoms with Crippen LogP contribution < -0.4 is 5.32 Å². The number of aromatic nitrogens is 2. The molecule has 20 heavy (non-hydrogen) atoms. The largest absolute Gasteiger partial charge is 0.344 e. The Kier molecular flexibility index (Phi) is 7.16. The Balaban J connectivity index is 2.49. The fourth-order valence-corrected chi connectivity index (χ4v) is 2.61. The first-order chi connectivity index (χ1) is 9.58. The van der Waals surface area contributed by atoms with E-state index in [1.165, 1.54) is 11.8 Å². The Morgan fingerprint density at radius 3 is 2.95 bits per heavy atom. The molecule has 0 saturated carbocycles. The van der Waals surface area contributed by atoms with Crippen LogP contribution in [0.3, 0.4) is 0 Å². The van der Waals surface area contributed by atoms with Crippen LogP contribution in [-0.4, -0.2) is 27.8 Å². The van der Waals surface area contributed by atoms with Crippen molar-refractivity contribution in [2.24, 2.45) is 0 Å². The normalized spacial score (nSPS) is 13.5. The summed E-state index contributed by atoms with van der Waals surface area (Å²) in [5.74, 6) is 3.60. The summed E-state index contributed by atoms with van der Waals surface area (Å²) in [5, 5.41) is 6.37. The van der Waals surface area contributed by atoms with Gasteiger partial charge in [0.15, 0.2) is 5.82 Å². The molecule has 110 valence electrons. The van der Waals surface area contributed by atoms with E-state index in [-0.39, 0.29) is 23.0 Å². The predicted octanol–water partition coefficient (Wildman–Crippen LogP) is 2.34. The van der Waals surface area contributed by atoms with Crippen LogP contribution in [0, 0.1) is 12.3 Å². The van der Waals surface area contributed by atoms with Gasteiger partial charge in [0.25, 0.3) is 0 Å². The molecular formula is C14H21N3O2S. The molecule has 1 heterocycles. The minimum absolute atomic E-state index is 0.0236. The molecule has 0 aliphatic rings. The first-order valence-corrected chi connectivity index (χ1v) is 7.71. The van der Waals surface area contributed by atoms with Crippen molar-refractivity contribution in [1.82, 2.24) is 15.5 Å². The number of nitrogens with zero attached hydrogens (tertiary/aromatic N) is 2. The fourth-order valence-electron chi connectivity index (χ4n) is 1.58. The van der Waals surface area contributed by atoms with Gasteiger partial charge in [0.1, 0.15) is 0 Å². The third-order valence-electron chi connectivity index (χ3n) is 2.73. The van der Waals surface area contributed by atoms with Crippen LogP contribution in [0.2, 0.25) is 0 Å². The van der Waals surface area contributed by atoms with Gasteiger partial charge in [-0.05, 0) is 20.3 Å². The summed E-state index contributed by atoms with van der Waals surface area (Å²) in [5.41, 5.74) is 0. The van der Waals surface area contributed by atoms with Gasteiger partial charge in [0.2, 0.25) is 11.8 Å². The highest BCUT2D eigenvalue weighted by atomic mass is 32.2. The number of rotatable bonds is 8. The van der Waals surface area contributed by atoms with Crippen LogP contribution in [0.5, 0.6) is 0 Å². The minimum Gasteiger partial charge on any atom is -0.344 e. The topological polar surface area (TPSA) is 68.0 Å². The SMILES string of the molecule is C#CCNC(=O)[C@@H](C)S[C@H](C)c1nc(CCCC)no1. The zero-order valence-corrected chi connectivity index (χ0v) is 13.0. The molecule has 0 aliphatic heterocycles. The zero-order valence-electron chi connectivity index (χ0n) is 12.2. The summed E-state index contributed by atoms with van der Waals surface area (Å²) in [6.45, 7) is 6.16. The van der Waals surface area contributed by atoms with Gasteiger partial charge in [-0.2, -0.15) is 4.98 Å². The van der Waals surface area contributed by atoms with Gasteiger partial charge in [-0.15, -0.1) is 18.2 Å². The number of hydrogen-bond donors (Lipinski definition) is 1. The standard InChI is InChI=1S/C14H21N3O2S/c1-5-7-8-12-16-14(19-17-12)11(4)20-10(3)13(18)15-9-6-2/h2,10-11H,5,7-9H2,1,3-4H3,(H,15,18)/t10-,11-/m1/s1. The average molecular weight is 295 g/mol. The van der Waals surface area contributed by atoms with E-state index >= 15 is 0 Å². The van der Waals surface area contributed by atoms with E-state index in [1.54, 1.807) is 0 Å². The highest BCUT2D eigenvalue weighted by Crippen LogP contribution is 2.30. The molecule has 1 amide bonds. The predicted molar refractivity (Wildman–Crippen MR) is 80.2 cm³/mol. The van der Waals surface area contributed by atoms with Gasteiger partial charge < -0.3 is 9.84 Å². The summed E-state index contributed by atoms with van der Waals surface area (Å²) in [4.78, 5) is 16.1. The summed E-state index contributed by atoms with van der Waals surface area (Å²) >= 11 is 1.47. The molecule has 5 nitrogen and oxygen atoms in total. The number of carbonyl (C=O) groups is 1. The maximum atomic E-state index is 11.7. The Labute approximate surface area is 124 Å². The molecule has 0 radical (unpaired) electrons. The highest BCUT2D eigenvalue weighted by molar-refractivity contribution is 8.00. The summed E-state index contributed by atoms with van der Waals surface area (Å²) in [7, 11) is 0. The molecule has 1 aromatic heterocycles. The molecule has 1 rings (SSSR count). The van der Waals surface area contributed by atoms with Crippen molar-refractivity contribution >= 4 is 17.7 Å². The lowest BCUT2D eigenvalue weighted by atomic mass is 10.2. The molecule has 0 spiro atoms. The van der Waals surface area contributed by atoms with E-state index < -0.39 is 0 Å². The second-order valence-corrected chi connectivity index (χ2v) is 6.18. The molecule has 1 aromatic rings. The quantitative estimate of drug-likeness (QED) is 0.746. The third-order valence-corrected chi connectivity index (χ3v) is 3.96. The Morgan fingerprint density at radius 1 is 1.55 bits per heavy atom. The van der Waals surface area contributed by atoms with Gasteiger partial charge in [0, 0.05) is 6.42 Å². The molecule has 0 aliphatic carbocycles. The van der Waals surface area contributed by atoms with E-state index in [2.05, 4.69) is 28.3 Å². The van der Waals surface area contributed by atoms with E-state index in [1.807, 2.05) is 13.8 Å². The van der Waals surface area contributed by atoms with Gasteiger partial charge in [-0.3, -0.25) is 4.79 Å². The maximum Gasteiger partial charge on any atom is 0.239 e. The number of thioether (sulfide) groups is 1. The molecule has 2 atom stereocenters. The van der Waals surface area contributed by atoms with E-state index in [0.29, 0.717) is 5.89 Å². The van der Waals surface area contributed by atoms with Gasteiger partial charge >= 0.3 is 0 Å². The lowest BCUT2D eigenvalue weighted by Gasteiger charge is -2.13. The summed E-state index contributed by atoms with van der Waals surface area (Å²) in [6.07, 6.45) is 8.08. The number of nitrogens with one attached hydrogen (secondary N) is 1. The molecule has 0 fully saturated rings. The van der Waals surface area contributed by atoms with Crippen molar-refractivity contribution < 1.29 is 9.32 Å². The zero-order chi connectivity index (χ0) is 15.0. The second-order valence-electron chi connectivity index (χ2n) is 4.49. The van der Waals surface area contributed by atoms with Crippen LogP contribution in [0.15, 0.2) is 4.52 Å². The van der Waals surface area contributed by atoms with Crippen LogP contribution >= 0.6 is 11.8 Å². The monoisotopic (exact) mass is 295 g/mol. The Hall–Kier alpha value is -1.48. The molecule has 6 heteroatoms. The van der Waals surface area contributed by atoms with Crippen LogP contribution in [0.25, 0.3) is 0 Å². The van der Waals surface area contributed by atoms with Crippen molar-refractivity contribution in [3.8, 4) is 12.3 Å². The minimum atomic E-state index is -0.218. The number of aryl methyl sites for hydroxylation is 1. The lowest BCUT2D eigenvalue weighted by Crippen LogP contribution is -2.31. The van der Waals surface area contributed by atoms with Crippen LogP contribution in [-0.2, 0) is 11.2 Å². The molecular weight excluding hydrogens is 274 g/mol. The number of hydrogen-bond acceptors (Lipinski definition) is 5. The fraction of sp³-hybridized carbons (Fsp3) is 0.643. The molecule has 0 aromatic carbocycles. The Bertz CT molecular complexity index is 467. The van der Waals surface area contributed by atoms with E-state index in [0.717, 1.165) is 25.1 Å². The molecule has 0 unspecified atom stereocenters. The van der Waals surface area contributed by atoms with Crippen molar-refractivity contribution in [3.05, 3.63) is 11.7 Å². The van der Waals surface area contributed by atoms with Crippen molar-refractivity contribution in [3.63, 3.8) is 0 Å². The van der Waals surface area contributed by atoms with Gasteiger partial charge in [0.05, 0.1) is 17.0 Å². The third kappa shape index (κ3) is 5.25. The molecule has 1 N–H and O–H groups in total. The van der Waals surface area contributed by atoms with Crippen molar-refractivity contribution in [2.75, 3.05) is 6.54 Å². The van der Waals surface area contributed by atoms with Gasteiger partial charge in [-0.25, -0.2) is 0 Å². The van der Waals surface area contributed by atoms with Crippen molar-refractivity contribution in [1.29, 1.82) is 0 Å². The van der Waals surface area contributed by atoms with Crippen molar-refractivity contribution in [2.45, 2.75) is 50.5 Å². The molecule has 0 saturated heterocycles. The van der Waals surface area contributed by atoms with Crippen LogP contribution in [0.1, 0.15) is 50.6 Å². The number of terminal acetylenes is 1. The summed E-state index contributed by atoms with van der Waals surface area (Å²) < 4.78 is 5.24. The first-order valence-electron chi connectivity index (χ1n) is 6.77. The van der Waals surface area contributed by atoms with Gasteiger partial charge in [-0.1, -0.05) is 24.4 Å². The van der Waals surface area contributed by atoms with E-state index in [4.69, 9.17) is 10.9 Å². The van der Waals surface area contributed by atoms with E-state index in [9.17, 15) is 4.79 Å². The number of unbranched alkanes of at least 4 members (excludes halogenated alkanes) is 1. The number of carbonyl (C=O) groups excluding carboxylic acids is 1. The highest BCUT2D eigenvalue weighted by Gasteiger charge is 2.21. The number of amides is 1. The Morgan fingerprint density at radius 2 is 2.30 bits per heavy atom. The second kappa shape index (κ2) is 8.64. The lowest BCUT2D eigenvalue weighted by molar-refractivity contribution is -0.120. The average Bonchev–Trinajstić information content (AvgIpc) is 2.91.